The number of halogens is 2. The Labute approximate surface area is 121 Å². The summed E-state index contributed by atoms with van der Waals surface area (Å²) in [5.74, 6) is 1.13. The summed E-state index contributed by atoms with van der Waals surface area (Å²) in [5.41, 5.74) is 1.73. The van der Waals surface area contributed by atoms with E-state index in [9.17, 15) is 0 Å². The van der Waals surface area contributed by atoms with Gasteiger partial charge in [0.15, 0.2) is 0 Å². The zero-order valence-electron chi connectivity index (χ0n) is 10.00. The smallest absolute Gasteiger partial charge is 0.130 e. The van der Waals surface area contributed by atoms with Crippen LogP contribution in [0.1, 0.15) is 25.6 Å². The molecule has 0 aliphatic carbocycles. The van der Waals surface area contributed by atoms with E-state index in [1.807, 2.05) is 6.07 Å². The Bertz CT molecular complexity index is 635. The molecule has 1 heterocycles. The fourth-order valence-electron chi connectivity index (χ4n) is 1.60. The highest BCUT2D eigenvalue weighted by Gasteiger charge is 2.08. The van der Waals surface area contributed by atoms with Crippen molar-refractivity contribution in [2.24, 2.45) is 0 Å². The van der Waals surface area contributed by atoms with Crippen LogP contribution in [0.4, 0.5) is 0 Å². The summed E-state index contributed by atoms with van der Waals surface area (Å²) in [4.78, 5) is 7.55. The molecule has 0 bridgehead atoms. The van der Waals surface area contributed by atoms with E-state index in [1.54, 1.807) is 18.2 Å². The molecule has 0 aliphatic rings. The number of benzene rings is 1. The van der Waals surface area contributed by atoms with E-state index in [1.165, 1.54) is 0 Å². The summed E-state index contributed by atoms with van der Waals surface area (Å²) in [5, 5.41) is 1.20. The summed E-state index contributed by atoms with van der Waals surface area (Å²) in [6.07, 6.45) is 0. The summed E-state index contributed by atoms with van der Waals surface area (Å²) in [7, 11) is 0. The molecule has 2 aromatic rings. The fraction of sp³-hybridized carbons (Fsp3) is 0.231. The Hall–Kier alpha value is -0.900. The van der Waals surface area contributed by atoms with Crippen LogP contribution in [0.25, 0.3) is 11.3 Å². The van der Waals surface area contributed by atoms with E-state index in [-0.39, 0.29) is 5.92 Å². The topological polar surface area (TPSA) is 28.7 Å². The third-order valence-electron chi connectivity index (χ3n) is 2.53. The molecule has 0 saturated heterocycles. The van der Waals surface area contributed by atoms with E-state index in [2.05, 4.69) is 23.8 Å². The lowest BCUT2D eigenvalue weighted by molar-refractivity contribution is 0.773. The SMILES string of the molecule is CC(C)c1nc(=S)cc(-c2ccc(Cl)cc2Cl)[nH]1. The van der Waals surface area contributed by atoms with Crippen LogP contribution in [0, 0.1) is 4.64 Å². The number of nitrogens with one attached hydrogen (secondary N) is 1. The number of hydrogen-bond donors (Lipinski definition) is 1. The molecule has 0 aliphatic heterocycles. The summed E-state index contributed by atoms with van der Waals surface area (Å²) in [6, 6.07) is 7.19. The Balaban J connectivity index is 2.60. The Morgan fingerprint density at radius 2 is 1.94 bits per heavy atom. The van der Waals surface area contributed by atoms with Gasteiger partial charge in [0.1, 0.15) is 10.5 Å². The van der Waals surface area contributed by atoms with Gasteiger partial charge in [-0.25, -0.2) is 4.98 Å². The van der Waals surface area contributed by atoms with Gasteiger partial charge in [0.2, 0.25) is 0 Å². The number of nitrogens with zero attached hydrogens (tertiary/aromatic N) is 1. The van der Waals surface area contributed by atoms with Crippen molar-refractivity contribution in [2.45, 2.75) is 19.8 Å². The molecule has 0 saturated carbocycles. The highest BCUT2D eigenvalue weighted by atomic mass is 35.5. The van der Waals surface area contributed by atoms with Crippen LogP contribution in [-0.4, -0.2) is 9.97 Å². The first-order valence-corrected chi connectivity index (χ1v) is 6.70. The molecule has 0 fully saturated rings. The number of aromatic amines is 1. The first-order valence-electron chi connectivity index (χ1n) is 5.54. The normalized spacial score (nSPS) is 10.9. The lowest BCUT2D eigenvalue weighted by Gasteiger charge is -2.10. The molecule has 2 rings (SSSR count). The second-order valence-corrected chi connectivity index (χ2v) is 5.56. The molecule has 2 nitrogen and oxygen atoms in total. The van der Waals surface area contributed by atoms with Gasteiger partial charge < -0.3 is 4.98 Å². The molecule has 0 spiro atoms. The van der Waals surface area contributed by atoms with Crippen LogP contribution in [-0.2, 0) is 0 Å². The van der Waals surface area contributed by atoms with E-state index in [0.29, 0.717) is 14.7 Å². The predicted molar refractivity (Wildman–Crippen MR) is 79.0 cm³/mol. The molecule has 0 atom stereocenters. The minimum Gasteiger partial charge on any atom is -0.343 e. The van der Waals surface area contributed by atoms with Crippen LogP contribution < -0.4 is 0 Å². The summed E-state index contributed by atoms with van der Waals surface area (Å²) < 4.78 is 0.554. The van der Waals surface area contributed by atoms with E-state index < -0.39 is 0 Å². The zero-order chi connectivity index (χ0) is 13.3. The maximum absolute atomic E-state index is 6.19. The molecule has 5 heteroatoms. The van der Waals surface area contributed by atoms with E-state index >= 15 is 0 Å². The standard InChI is InChI=1S/C13H12Cl2N2S/c1-7(2)13-16-11(6-12(18)17-13)9-4-3-8(14)5-10(9)15/h3-7H,1-2H3,(H,16,17,18). The lowest BCUT2D eigenvalue weighted by Crippen LogP contribution is -1.99. The maximum Gasteiger partial charge on any atom is 0.130 e. The number of hydrogen-bond acceptors (Lipinski definition) is 2. The van der Waals surface area contributed by atoms with Crippen molar-refractivity contribution in [3.05, 3.63) is 44.8 Å². The van der Waals surface area contributed by atoms with Crippen LogP contribution >= 0.6 is 35.4 Å². The molecule has 1 N–H and O–H groups in total. The molecule has 0 amide bonds. The van der Waals surface area contributed by atoms with Gasteiger partial charge in [0.25, 0.3) is 0 Å². The second-order valence-electron chi connectivity index (χ2n) is 4.30. The number of aromatic nitrogens is 2. The van der Waals surface area contributed by atoms with Crippen molar-refractivity contribution in [2.75, 3.05) is 0 Å². The maximum atomic E-state index is 6.19. The third kappa shape index (κ3) is 2.91. The van der Waals surface area contributed by atoms with E-state index in [0.717, 1.165) is 17.1 Å². The Kier molecular flexibility index (Phi) is 4.05. The van der Waals surface area contributed by atoms with Crippen molar-refractivity contribution in [3.63, 3.8) is 0 Å². The Morgan fingerprint density at radius 3 is 2.56 bits per heavy atom. The largest absolute Gasteiger partial charge is 0.343 e. The van der Waals surface area contributed by atoms with Crippen LogP contribution in [0.3, 0.4) is 0 Å². The van der Waals surface area contributed by atoms with Crippen molar-refractivity contribution >= 4 is 35.4 Å². The first-order chi connectivity index (χ1) is 8.47. The van der Waals surface area contributed by atoms with Gasteiger partial charge >= 0.3 is 0 Å². The molecular weight excluding hydrogens is 287 g/mol. The number of H-pyrrole nitrogens is 1. The monoisotopic (exact) mass is 298 g/mol. The molecule has 1 aromatic heterocycles. The molecule has 1 aromatic carbocycles. The molecule has 18 heavy (non-hydrogen) atoms. The van der Waals surface area contributed by atoms with Crippen LogP contribution in [0.5, 0.6) is 0 Å². The molecule has 94 valence electrons. The minimum absolute atomic E-state index is 0.276. The lowest BCUT2D eigenvalue weighted by atomic mass is 10.1. The quantitative estimate of drug-likeness (QED) is 0.768. The van der Waals surface area contributed by atoms with Crippen LogP contribution in [0.15, 0.2) is 24.3 Å². The highest BCUT2D eigenvalue weighted by Crippen LogP contribution is 2.29. The van der Waals surface area contributed by atoms with Crippen molar-refractivity contribution in [1.82, 2.24) is 9.97 Å². The minimum atomic E-state index is 0.276. The average Bonchev–Trinajstić information content (AvgIpc) is 2.27. The van der Waals surface area contributed by atoms with Gasteiger partial charge in [-0.3, -0.25) is 0 Å². The van der Waals surface area contributed by atoms with Gasteiger partial charge in [-0.05, 0) is 24.3 Å². The van der Waals surface area contributed by atoms with Crippen molar-refractivity contribution in [3.8, 4) is 11.3 Å². The van der Waals surface area contributed by atoms with E-state index in [4.69, 9.17) is 35.4 Å². The van der Waals surface area contributed by atoms with Gasteiger partial charge in [-0.15, -0.1) is 0 Å². The zero-order valence-corrected chi connectivity index (χ0v) is 12.3. The molecular formula is C13H12Cl2N2S. The van der Waals surface area contributed by atoms with Gasteiger partial charge in [-0.2, -0.15) is 0 Å². The highest BCUT2D eigenvalue weighted by molar-refractivity contribution is 7.71. The van der Waals surface area contributed by atoms with Gasteiger partial charge in [0.05, 0.1) is 10.7 Å². The van der Waals surface area contributed by atoms with Crippen molar-refractivity contribution < 1.29 is 0 Å². The van der Waals surface area contributed by atoms with Crippen LogP contribution in [0.2, 0.25) is 10.0 Å². The number of rotatable bonds is 2. The molecule has 0 radical (unpaired) electrons. The second kappa shape index (κ2) is 5.39. The predicted octanol–water partition coefficient (Wildman–Crippen LogP) is 5.24. The van der Waals surface area contributed by atoms with Gasteiger partial charge in [0, 0.05) is 16.5 Å². The molecule has 0 unspecified atom stereocenters. The summed E-state index contributed by atoms with van der Waals surface area (Å²) >= 11 is 17.3. The average molecular weight is 299 g/mol. The first kappa shape index (κ1) is 13.5. The van der Waals surface area contributed by atoms with Crippen molar-refractivity contribution in [1.29, 1.82) is 0 Å². The fourth-order valence-corrected chi connectivity index (χ4v) is 2.33. The Morgan fingerprint density at radius 1 is 1.22 bits per heavy atom. The third-order valence-corrected chi connectivity index (χ3v) is 3.29. The summed E-state index contributed by atoms with van der Waals surface area (Å²) in [6.45, 7) is 4.11. The van der Waals surface area contributed by atoms with Gasteiger partial charge in [-0.1, -0.05) is 49.3 Å².